The summed E-state index contributed by atoms with van der Waals surface area (Å²) in [5, 5.41) is 3.88. The van der Waals surface area contributed by atoms with Gasteiger partial charge in [0.1, 0.15) is 5.76 Å². The molecule has 0 fully saturated rings. The lowest BCUT2D eigenvalue weighted by atomic mass is 10.1. The van der Waals surface area contributed by atoms with E-state index in [1.165, 1.54) is 0 Å². The van der Waals surface area contributed by atoms with Crippen LogP contribution in [0.3, 0.4) is 0 Å². The minimum atomic E-state index is -0.262. The van der Waals surface area contributed by atoms with Gasteiger partial charge in [0.15, 0.2) is 11.4 Å². The number of aryl methyl sites for hydroxylation is 1. The molecule has 2 nitrogen and oxygen atoms in total. The van der Waals surface area contributed by atoms with Gasteiger partial charge in [0.25, 0.3) is 0 Å². The van der Waals surface area contributed by atoms with Gasteiger partial charge in [-0.3, -0.25) is 0 Å². The lowest BCUT2D eigenvalue weighted by molar-refractivity contribution is 0.462. The molecule has 0 amide bonds. The molecule has 15 heavy (non-hydrogen) atoms. The number of halogens is 1. The molecule has 80 valence electrons. The van der Waals surface area contributed by atoms with Gasteiger partial charge in [-0.1, -0.05) is 12.1 Å². The number of furan rings is 1. The first kappa shape index (κ1) is 10.2. The van der Waals surface area contributed by atoms with Gasteiger partial charge in [-0.15, -0.1) is 0 Å². The van der Waals surface area contributed by atoms with Crippen LogP contribution in [0.5, 0.6) is 0 Å². The van der Waals surface area contributed by atoms with Gasteiger partial charge in [0.05, 0.1) is 6.04 Å². The van der Waals surface area contributed by atoms with Crippen LogP contribution in [0.2, 0.25) is 0 Å². The van der Waals surface area contributed by atoms with Crippen molar-refractivity contribution in [2.75, 3.05) is 7.05 Å². The smallest absolute Gasteiger partial charge is 0.170 e. The molecular weight excluding hydrogens is 193 g/mol. The summed E-state index contributed by atoms with van der Waals surface area (Å²) in [5.74, 6) is 0.499. The minimum absolute atomic E-state index is 0.0945. The Hall–Kier alpha value is -1.35. The summed E-state index contributed by atoms with van der Waals surface area (Å²) in [7, 11) is 1.85. The highest BCUT2D eigenvalue weighted by Gasteiger charge is 2.13. The maximum Gasteiger partial charge on any atom is 0.170 e. The fourth-order valence-corrected chi connectivity index (χ4v) is 1.54. The van der Waals surface area contributed by atoms with E-state index < -0.39 is 0 Å². The summed E-state index contributed by atoms with van der Waals surface area (Å²) in [6.07, 6.45) is 0. The Labute approximate surface area is 88.1 Å². The van der Waals surface area contributed by atoms with Gasteiger partial charge in [-0.25, -0.2) is 4.39 Å². The second kappa shape index (κ2) is 3.66. The van der Waals surface area contributed by atoms with Gasteiger partial charge in [0.2, 0.25) is 0 Å². The van der Waals surface area contributed by atoms with Crippen LogP contribution in [0.4, 0.5) is 4.39 Å². The third kappa shape index (κ3) is 1.63. The van der Waals surface area contributed by atoms with Gasteiger partial charge in [0, 0.05) is 5.39 Å². The monoisotopic (exact) mass is 207 g/mol. The summed E-state index contributed by atoms with van der Waals surface area (Å²) in [5.41, 5.74) is 0.965. The van der Waals surface area contributed by atoms with Crippen LogP contribution in [-0.2, 0) is 0 Å². The SMILES string of the molecule is CNC(C)c1cc2ccc(C)c(F)c2o1. The van der Waals surface area contributed by atoms with Crippen molar-refractivity contribution in [3.05, 3.63) is 35.3 Å². The van der Waals surface area contributed by atoms with Crippen LogP contribution in [0.1, 0.15) is 24.3 Å². The minimum Gasteiger partial charge on any atom is -0.456 e. The van der Waals surface area contributed by atoms with Crippen molar-refractivity contribution < 1.29 is 8.81 Å². The van der Waals surface area contributed by atoms with Crippen molar-refractivity contribution in [2.24, 2.45) is 0 Å². The maximum atomic E-state index is 13.7. The fourth-order valence-electron chi connectivity index (χ4n) is 1.54. The number of nitrogens with one attached hydrogen (secondary N) is 1. The summed E-state index contributed by atoms with van der Waals surface area (Å²) >= 11 is 0. The molecule has 0 saturated heterocycles. The fraction of sp³-hybridized carbons (Fsp3) is 0.333. The summed E-state index contributed by atoms with van der Waals surface area (Å²) in [4.78, 5) is 0. The first-order valence-electron chi connectivity index (χ1n) is 4.99. The molecule has 3 heteroatoms. The molecule has 1 unspecified atom stereocenters. The Balaban J connectivity index is 2.61. The maximum absolute atomic E-state index is 13.7. The first-order chi connectivity index (χ1) is 7.13. The van der Waals surface area contributed by atoms with Gasteiger partial charge in [-0.05, 0) is 32.5 Å². The number of rotatable bonds is 2. The Kier molecular flexibility index (Phi) is 2.49. The summed E-state index contributed by atoms with van der Waals surface area (Å²) in [6, 6.07) is 5.61. The van der Waals surface area contributed by atoms with Gasteiger partial charge < -0.3 is 9.73 Å². The van der Waals surface area contributed by atoms with Crippen molar-refractivity contribution in [3.63, 3.8) is 0 Å². The molecule has 2 rings (SSSR count). The molecule has 0 spiro atoms. The molecular formula is C12H14FNO. The standard InChI is InChI=1S/C12H14FNO/c1-7-4-5-9-6-10(8(2)14-3)15-12(9)11(7)13/h4-6,8,14H,1-3H3. The van der Waals surface area contributed by atoms with Crippen LogP contribution in [0.25, 0.3) is 11.0 Å². The van der Waals surface area contributed by atoms with E-state index >= 15 is 0 Å². The predicted molar refractivity (Wildman–Crippen MR) is 58.4 cm³/mol. The lowest BCUT2D eigenvalue weighted by Crippen LogP contribution is -2.10. The highest BCUT2D eigenvalue weighted by atomic mass is 19.1. The van der Waals surface area contributed by atoms with Crippen LogP contribution in [0, 0.1) is 12.7 Å². The Morgan fingerprint density at radius 3 is 2.80 bits per heavy atom. The summed E-state index contributed by atoms with van der Waals surface area (Å²) in [6.45, 7) is 3.71. The molecule has 1 N–H and O–H groups in total. The second-order valence-corrected chi connectivity index (χ2v) is 3.77. The lowest BCUT2D eigenvalue weighted by Gasteiger charge is -2.04. The zero-order valence-electron chi connectivity index (χ0n) is 9.10. The average Bonchev–Trinajstić information content (AvgIpc) is 2.67. The van der Waals surface area contributed by atoms with E-state index in [2.05, 4.69) is 5.32 Å². The topological polar surface area (TPSA) is 25.2 Å². The Morgan fingerprint density at radius 1 is 1.40 bits per heavy atom. The highest BCUT2D eigenvalue weighted by Crippen LogP contribution is 2.27. The van der Waals surface area contributed by atoms with Crippen molar-refractivity contribution in [2.45, 2.75) is 19.9 Å². The van der Waals surface area contributed by atoms with Crippen molar-refractivity contribution in [1.29, 1.82) is 0 Å². The van der Waals surface area contributed by atoms with Gasteiger partial charge >= 0.3 is 0 Å². The van der Waals surface area contributed by atoms with E-state index in [4.69, 9.17) is 4.42 Å². The van der Waals surface area contributed by atoms with E-state index in [0.29, 0.717) is 11.1 Å². The van der Waals surface area contributed by atoms with Crippen molar-refractivity contribution >= 4 is 11.0 Å². The largest absolute Gasteiger partial charge is 0.456 e. The quantitative estimate of drug-likeness (QED) is 0.818. The molecule has 0 aliphatic rings. The molecule has 0 aliphatic heterocycles. The van der Waals surface area contributed by atoms with Crippen LogP contribution < -0.4 is 5.32 Å². The third-order valence-electron chi connectivity index (χ3n) is 2.70. The molecule has 0 aliphatic carbocycles. The summed E-state index contributed by atoms with van der Waals surface area (Å²) < 4.78 is 19.2. The normalized spacial score (nSPS) is 13.3. The number of hydrogen-bond donors (Lipinski definition) is 1. The molecule has 1 aromatic heterocycles. The Bertz CT molecular complexity index is 490. The zero-order chi connectivity index (χ0) is 11.0. The predicted octanol–water partition coefficient (Wildman–Crippen LogP) is 3.16. The molecule has 1 aromatic carbocycles. The van der Waals surface area contributed by atoms with E-state index in [1.54, 1.807) is 13.0 Å². The molecule has 1 heterocycles. The van der Waals surface area contributed by atoms with E-state index in [-0.39, 0.29) is 11.9 Å². The van der Waals surface area contributed by atoms with Crippen LogP contribution in [-0.4, -0.2) is 7.05 Å². The zero-order valence-corrected chi connectivity index (χ0v) is 9.10. The molecule has 0 radical (unpaired) electrons. The molecule has 0 bridgehead atoms. The molecule has 1 atom stereocenters. The first-order valence-corrected chi connectivity index (χ1v) is 4.99. The highest BCUT2D eigenvalue weighted by molar-refractivity contribution is 5.79. The van der Waals surface area contributed by atoms with Crippen LogP contribution in [0.15, 0.2) is 22.6 Å². The molecule has 0 saturated carbocycles. The number of fused-ring (bicyclic) bond motifs is 1. The van der Waals surface area contributed by atoms with E-state index in [0.717, 1.165) is 11.1 Å². The van der Waals surface area contributed by atoms with E-state index in [9.17, 15) is 4.39 Å². The Morgan fingerprint density at radius 2 is 2.13 bits per heavy atom. The average molecular weight is 207 g/mol. The van der Waals surface area contributed by atoms with E-state index in [1.807, 2.05) is 26.1 Å². The number of benzene rings is 1. The molecule has 2 aromatic rings. The van der Waals surface area contributed by atoms with Crippen molar-refractivity contribution in [3.8, 4) is 0 Å². The third-order valence-corrected chi connectivity index (χ3v) is 2.70. The van der Waals surface area contributed by atoms with Crippen LogP contribution >= 0.6 is 0 Å². The number of hydrogen-bond acceptors (Lipinski definition) is 2. The van der Waals surface area contributed by atoms with Gasteiger partial charge in [-0.2, -0.15) is 0 Å². The second-order valence-electron chi connectivity index (χ2n) is 3.77. The van der Waals surface area contributed by atoms with Crippen molar-refractivity contribution in [1.82, 2.24) is 5.32 Å².